The molecule has 1 aliphatic heterocycles. The fraction of sp³-hybridized carbons (Fsp3) is 0.714. The minimum absolute atomic E-state index is 0.0814. The zero-order valence-corrected chi connectivity index (χ0v) is 12.1. The van der Waals surface area contributed by atoms with Gasteiger partial charge in [-0.1, -0.05) is 0 Å². The largest absolute Gasteiger partial charge is 0.475 e. The third-order valence-corrected chi connectivity index (χ3v) is 3.02. The van der Waals surface area contributed by atoms with Crippen molar-refractivity contribution in [3.05, 3.63) is 12.3 Å². The first-order valence-electron chi connectivity index (χ1n) is 6.85. The van der Waals surface area contributed by atoms with Crippen molar-refractivity contribution >= 4 is 5.95 Å². The molecule has 5 nitrogen and oxygen atoms in total. The van der Waals surface area contributed by atoms with Crippen molar-refractivity contribution in [2.45, 2.75) is 58.3 Å². The molecule has 2 rings (SSSR count). The average Bonchev–Trinajstić information content (AvgIpc) is 2.26. The summed E-state index contributed by atoms with van der Waals surface area (Å²) < 4.78 is 11.3. The SMILES string of the molecule is CC(C)Oc1ccnc(NC2CCOC(C)(C)C2)n1. The molecule has 19 heavy (non-hydrogen) atoms. The molecule has 0 saturated carbocycles. The minimum Gasteiger partial charge on any atom is -0.475 e. The number of hydrogen-bond donors (Lipinski definition) is 1. The van der Waals surface area contributed by atoms with E-state index in [1.165, 1.54) is 0 Å². The Labute approximate surface area is 114 Å². The van der Waals surface area contributed by atoms with Gasteiger partial charge in [0.05, 0.1) is 11.7 Å². The smallest absolute Gasteiger partial charge is 0.226 e. The fourth-order valence-corrected chi connectivity index (χ4v) is 2.26. The molecule has 5 heteroatoms. The van der Waals surface area contributed by atoms with Gasteiger partial charge in [0.1, 0.15) is 0 Å². The second kappa shape index (κ2) is 5.74. The zero-order chi connectivity index (χ0) is 13.9. The predicted octanol–water partition coefficient (Wildman–Crippen LogP) is 2.63. The molecule has 106 valence electrons. The van der Waals surface area contributed by atoms with Crippen LogP contribution >= 0.6 is 0 Å². The third-order valence-electron chi connectivity index (χ3n) is 3.02. The number of nitrogens with one attached hydrogen (secondary N) is 1. The van der Waals surface area contributed by atoms with Crippen molar-refractivity contribution in [3.63, 3.8) is 0 Å². The maximum absolute atomic E-state index is 5.70. The van der Waals surface area contributed by atoms with Crippen LogP contribution in [0.25, 0.3) is 0 Å². The highest BCUT2D eigenvalue weighted by Gasteiger charge is 2.29. The molecule has 1 saturated heterocycles. The highest BCUT2D eigenvalue weighted by Crippen LogP contribution is 2.25. The van der Waals surface area contributed by atoms with E-state index in [0.717, 1.165) is 19.4 Å². The molecule has 1 fully saturated rings. The first kappa shape index (κ1) is 14.1. The Kier molecular flexibility index (Phi) is 4.24. The average molecular weight is 265 g/mol. The van der Waals surface area contributed by atoms with Crippen molar-refractivity contribution < 1.29 is 9.47 Å². The van der Waals surface area contributed by atoms with Gasteiger partial charge in [0.25, 0.3) is 0 Å². The van der Waals surface area contributed by atoms with E-state index in [1.807, 2.05) is 13.8 Å². The number of aromatic nitrogens is 2. The molecule has 1 atom stereocenters. The Morgan fingerprint density at radius 3 is 2.95 bits per heavy atom. The van der Waals surface area contributed by atoms with E-state index in [2.05, 4.69) is 29.1 Å². The Balaban J connectivity index is 1.98. The monoisotopic (exact) mass is 265 g/mol. The summed E-state index contributed by atoms with van der Waals surface area (Å²) in [5.74, 6) is 1.24. The fourth-order valence-electron chi connectivity index (χ4n) is 2.26. The van der Waals surface area contributed by atoms with E-state index in [1.54, 1.807) is 12.3 Å². The van der Waals surface area contributed by atoms with Gasteiger partial charge < -0.3 is 14.8 Å². The zero-order valence-electron chi connectivity index (χ0n) is 12.1. The van der Waals surface area contributed by atoms with Crippen LogP contribution in [0.15, 0.2) is 12.3 Å². The van der Waals surface area contributed by atoms with Gasteiger partial charge in [-0.25, -0.2) is 4.98 Å². The van der Waals surface area contributed by atoms with Crippen LogP contribution in [0.2, 0.25) is 0 Å². The van der Waals surface area contributed by atoms with Crippen molar-refractivity contribution in [1.82, 2.24) is 9.97 Å². The van der Waals surface area contributed by atoms with Gasteiger partial charge in [-0.05, 0) is 40.5 Å². The summed E-state index contributed by atoms with van der Waals surface area (Å²) in [5, 5.41) is 3.37. The van der Waals surface area contributed by atoms with Gasteiger partial charge in [-0.15, -0.1) is 0 Å². The van der Waals surface area contributed by atoms with Crippen LogP contribution in [0.4, 0.5) is 5.95 Å². The number of ether oxygens (including phenoxy) is 2. The Morgan fingerprint density at radius 2 is 2.26 bits per heavy atom. The van der Waals surface area contributed by atoms with E-state index >= 15 is 0 Å². The molecule has 1 unspecified atom stereocenters. The molecule has 1 N–H and O–H groups in total. The highest BCUT2D eigenvalue weighted by molar-refractivity contribution is 5.29. The summed E-state index contributed by atoms with van der Waals surface area (Å²) in [6.07, 6.45) is 3.76. The molecule has 0 aliphatic carbocycles. The van der Waals surface area contributed by atoms with Crippen molar-refractivity contribution in [2.24, 2.45) is 0 Å². The van der Waals surface area contributed by atoms with E-state index < -0.39 is 0 Å². The van der Waals surface area contributed by atoms with Gasteiger partial charge in [0.15, 0.2) is 0 Å². The van der Waals surface area contributed by atoms with Crippen LogP contribution in [0.5, 0.6) is 5.88 Å². The standard InChI is InChI=1S/C14H23N3O2/c1-10(2)19-12-5-7-15-13(17-12)16-11-6-8-18-14(3,4)9-11/h5,7,10-11H,6,8-9H2,1-4H3,(H,15,16,17). The summed E-state index contributed by atoms with van der Waals surface area (Å²) >= 11 is 0. The van der Waals surface area contributed by atoms with Gasteiger partial charge in [-0.3, -0.25) is 0 Å². The number of nitrogens with zero attached hydrogens (tertiary/aromatic N) is 2. The lowest BCUT2D eigenvalue weighted by Gasteiger charge is -2.35. The molecule has 0 radical (unpaired) electrons. The normalized spacial score (nSPS) is 22.3. The number of rotatable bonds is 4. The van der Waals surface area contributed by atoms with Crippen LogP contribution in [0, 0.1) is 0 Å². The highest BCUT2D eigenvalue weighted by atomic mass is 16.5. The van der Waals surface area contributed by atoms with Gasteiger partial charge in [0.2, 0.25) is 11.8 Å². The maximum Gasteiger partial charge on any atom is 0.226 e. The topological polar surface area (TPSA) is 56.3 Å². The van der Waals surface area contributed by atoms with E-state index in [9.17, 15) is 0 Å². The molecule has 0 bridgehead atoms. The van der Waals surface area contributed by atoms with E-state index in [-0.39, 0.29) is 11.7 Å². The van der Waals surface area contributed by atoms with Crippen LogP contribution in [-0.4, -0.2) is 34.3 Å². The summed E-state index contributed by atoms with van der Waals surface area (Å²) in [4.78, 5) is 8.62. The van der Waals surface area contributed by atoms with Crippen molar-refractivity contribution in [1.29, 1.82) is 0 Å². The second-order valence-corrected chi connectivity index (χ2v) is 5.83. The minimum atomic E-state index is -0.0814. The van der Waals surface area contributed by atoms with Crippen LogP contribution in [0.3, 0.4) is 0 Å². The first-order valence-corrected chi connectivity index (χ1v) is 6.85. The molecule has 2 heterocycles. The third kappa shape index (κ3) is 4.35. The second-order valence-electron chi connectivity index (χ2n) is 5.83. The predicted molar refractivity (Wildman–Crippen MR) is 74.5 cm³/mol. The molecular formula is C14H23N3O2. The number of anilines is 1. The van der Waals surface area contributed by atoms with Crippen molar-refractivity contribution in [2.75, 3.05) is 11.9 Å². The Morgan fingerprint density at radius 1 is 1.47 bits per heavy atom. The molecule has 0 amide bonds. The molecule has 1 aromatic heterocycles. The van der Waals surface area contributed by atoms with Crippen LogP contribution in [-0.2, 0) is 4.74 Å². The summed E-state index contributed by atoms with van der Waals surface area (Å²) in [6, 6.07) is 2.12. The Bertz CT molecular complexity index is 421. The van der Waals surface area contributed by atoms with Gasteiger partial charge in [0, 0.05) is 24.9 Å². The lowest BCUT2D eigenvalue weighted by molar-refractivity contribution is -0.0554. The molecule has 1 aromatic rings. The molecular weight excluding hydrogens is 242 g/mol. The lowest BCUT2D eigenvalue weighted by atomic mass is 9.94. The quantitative estimate of drug-likeness (QED) is 0.907. The van der Waals surface area contributed by atoms with Crippen LogP contribution in [0.1, 0.15) is 40.5 Å². The van der Waals surface area contributed by atoms with Gasteiger partial charge >= 0.3 is 0 Å². The van der Waals surface area contributed by atoms with Crippen LogP contribution < -0.4 is 10.1 Å². The Hall–Kier alpha value is -1.36. The molecule has 0 spiro atoms. The van der Waals surface area contributed by atoms with Gasteiger partial charge in [-0.2, -0.15) is 4.98 Å². The number of hydrogen-bond acceptors (Lipinski definition) is 5. The van der Waals surface area contributed by atoms with E-state index in [4.69, 9.17) is 9.47 Å². The molecule has 1 aliphatic rings. The maximum atomic E-state index is 5.70. The first-order chi connectivity index (χ1) is 8.94. The molecule has 0 aromatic carbocycles. The summed E-state index contributed by atoms with van der Waals surface area (Å²) in [6.45, 7) is 8.96. The summed E-state index contributed by atoms with van der Waals surface area (Å²) in [5.41, 5.74) is -0.0814. The van der Waals surface area contributed by atoms with E-state index in [0.29, 0.717) is 17.9 Å². The lowest BCUT2D eigenvalue weighted by Crippen LogP contribution is -2.40. The summed E-state index contributed by atoms with van der Waals surface area (Å²) in [7, 11) is 0. The van der Waals surface area contributed by atoms with Crippen molar-refractivity contribution in [3.8, 4) is 5.88 Å².